The number of methoxy groups -OCH3 is 2. The first-order valence-corrected chi connectivity index (χ1v) is 7.73. The van der Waals surface area contributed by atoms with Crippen LogP contribution in [-0.4, -0.2) is 46.6 Å². The maximum Gasteiger partial charge on any atom is 0.0642 e. The average Bonchev–Trinajstić information content (AvgIpc) is 2.43. The lowest BCUT2D eigenvalue weighted by molar-refractivity contribution is 0.191. The Morgan fingerprint density at radius 2 is 1.90 bits per heavy atom. The van der Waals surface area contributed by atoms with E-state index in [0.29, 0.717) is 6.61 Å². The average molecular weight is 315 g/mol. The largest absolute Gasteiger partial charge is 0.385 e. The molecule has 120 valence electrons. The second-order valence-electron chi connectivity index (χ2n) is 5.26. The predicted octanol–water partition coefficient (Wildman–Crippen LogP) is 2.72. The first-order valence-electron chi connectivity index (χ1n) is 7.36. The summed E-state index contributed by atoms with van der Waals surface area (Å²) in [5.74, 6) is 0. The zero-order valence-electron chi connectivity index (χ0n) is 13.3. The fourth-order valence-electron chi connectivity index (χ4n) is 2.36. The van der Waals surface area contributed by atoms with Crippen molar-refractivity contribution in [2.45, 2.75) is 25.8 Å². The minimum Gasteiger partial charge on any atom is -0.385 e. The first-order chi connectivity index (χ1) is 10.1. The Morgan fingerprint density at radius 1 is 1.19 bits per heavy atom. The Hall–Kier alpha value is -0.810. The van der Waals surface area contributed by atoms with E-state index < -0.39 is 0 Å². The van der Waals surface area contributed by atoms with Gasteiger partial charge >= 0.3 is 0 Å². The number of benzene rings is 1. The summed E-state index contributed by atoms with van der Waals surface area (Å²) in [7, 11) is 3.43. The van der Waals surface area contributed by atoms with Crippen LogP contribution in [0.5, 0.6) is 0 Å². The number of hydrogen-bond acceptors (Lipinski definition) is 4. The lowest BCUT2D eigenvalue weighted by atomic mass is 10.0. The summed E-state index contributed by atoms with van der Waals surface area (Å²) in [5.41, 5.74) is 8.22. The van der Waals surface area contributed by atoms with Gasteiger partial charge < -0.3 is 20.1 Å². The van der Waals surface area contributed by atoms with E-state index in [1.165, 1.54) is 5.56 Å². The minimum absolute atomic E-state index is 0.102. The van der Waals surface area contributed by atoms with Crippen molar-refractivity contribution in [3.8, 4) is 0 Å². The van der Waals surface area contributed by atoms with Crippen molar-refractivity contribution in [1.29, 1.82) is 0 Å². The Bertz CT molecular complexity index is 413. The fourth-order valence-corrected chi connectivity index (χ4v) is 2.68. The van der Waals surface area contributed by atoms with Crippen LogP contribution in [0, 0.1) is 0 Å². The number of halogens is 1. The second-order valence-corrected chi connectivity index (χ2v) is 5.66. The topological polar surface area (TPSA) is 47.7 Å². The van der Waals surface area contributed by atoms with Crippen LogP contribution in [0.1, 0.15) is 18.9 Å². The minimum atomic E-state index is 0.102. The summed E-state index contributed by atoms with van der Waals surface area (Å²) in [6.45, 7) is 5.09. The highest BCUT2D eigenvalue weighted by molar-refractivity contribution is 6.33. The monoisotopic (exact) mass is 314 g/mol. The van der Waals surface area contributed by atoms with E-state index >= 15 is 0 Å². The quantitative estimate of drug-likeness (QED) is 0.675. The Morgan fingerprint density at radius 3 is 2.52 bits per heavy atom. The molecule has 0 aliphatic carbocycles. The van der Waals surface area contributed by atoms with Crippen molar-refractivity contribution >= 4 is 17.3 Å². The summed E-state index contributed by atoms with van der Waals surface area (Å²) in [6.07, 6.45) is 1.76. The summed E-state index contributed by atoms with van der Waals surface area (Å²) in [4.78, 5) is 2.27. The van der Waals surface area contributed by atoms with Crippen LogP contribution < -0.4 is 10.6 Å². The smallest absolute Gasteiger partial charge is 0.0642 e. The highest BCUT2D eigenvalue weighted by atomic mass is 35.5. The van der Waals surface area contributed by atoms with E-state index in [1.807, 2.05) is 19.1 Å². The lowest BCUT2D eigenvalue weighted by Gasteiger charge is -2.28. The van der Waals surface area contributed by atoms with Gasteiger partial charge in [0.05, 0.1) is 17.3 Å². The fraction of sp³-hybridized carbons (Fsp3) is 0.625. The lowest BCUT2D eigenvalue weighted by Crippen LogP contribution is -2.31. The zero-order valence-corrected chi connectivity index (χ0v) is 14.0. The van der Waals surface area contributed by atoms with E-state index in [2.05, 4.69) is 11.0 Å². The molecule has 2 N–H and O–H groups in total. The molecule has 1 unspecified atom stereocenters. The van der Waals surface area contributed by atoms with Gasteiger partial charge in [-0.25, -0.2) is 0 Å². The molecule has 0 aliphatic heterocycles. The second kappa shape index (κ2) is 10.0. The van der Waals surface area contributed by atoms with Crippen molar-refractivity contribution in [2.24, 2.45) is 5.73 Å². The third-order valence-corrected chi connectivity index (χ3v) is 3.58. The molecule has 0 amide bonds. The normalized spacial score (nSPS) is 12.4. The van der Waals surface area contributed by atoms with Crippen LogP contribution in [0.4, 0.5) is 5.69 Å². The highest BCUT2D eigenvalue weighted by Crippen LogP contribution is 2.31. The van der Waals surface area contributed by atoms with Gasteiger partial charge in [0.25, 0.3) is 0 Å². The molecule has 5 heteroatoms. The molecule has 0 spiro atoms. The van der Waals surface area contributed by atoms with Crippen LogP contribution in [0.15, 0.2) is 18.2 Å². The van der Waals surface area contributed by atoms with E-state index in [-0.39, 0.29) is 6.04 Å². The molecule has 1 rings (SSSR count). The van der Waals surface area contributed by atoms with Crippen molar-refractivity contribution in [3.05, 3.63) is 28.8 Å². The summed E-state index contributed by atoms with van der Waals surface area (Å²) in [5, 5.41) is 0.765. The van der Waals surface area contributed by atoms with Gasteiger partial charge in [-0.1, -0.05) is 23.7 Å². The van der Waals surface area contributed by atoms with Gasteiger partial charge in [-0.05, 0) is 31.4 Å². The Kier molecular flexibility index (Phi) is 8.69. The van der Waals surface area contributed by atoms with Gasteiger partial charge in [-0.2, -0.15) is 0 Å². The van der Waals surface area contributed by atoms with Gasteiger partial charge in [0.1, 0.15) is 0 Å². The Labute approximate surface area is 133 Å². The SMILES string of the molecule is COCCCN(CCOC)c1c(Cl)cccc1CC(C)N. The molecule has 1 atom stereocenters. The van der Waals surface area contributed by atoms with Crippen LogP contribution in [0.3, 0.4) is 0 Å². The molecular formula is C16H27ClN2O2. The summed E-state index contributed by atoms with van der Waals surface area (Å²) >= 11 is 6.44. The van der Waals surface area contributed by atoms with Crippen molar-refractivity contribution < 1.29 is 9.47 Å². The third kappa shape index (κ3) is 6.22. The number of para-hydroxylation sites is 1. The van der Waals surface area contributed by atoms with Gasteiger partial charge in [0, 0.05) is 40.0 Å². The molecule has 4 nitrogen and oxygen atoms in total. The number of anilines is 1. The molecule has 21 heavy (non-hydrogen) atoms. The van der Waals surface area contributed by atoms with Crippen LogP contribution in [0.2, 0.25) is 5.02 Å². The van der Waals surface area contributed by atoms with Crippen LogP contribution in [-0.2, 0) is 15.9 Å². The molecule has 0 heterocycles. The first kappa shape index (κ1) is 18.2. The molecule has 0 bridgehead atoms. The number of nitrogens with two attached hydrogens (primary N) is 1. The molecule has 0 radical (unpaired) electrons. The summed E-state index contributed by atoms with van der Waals surface area (Å²) < 4.78 is 10.4. The zero-order chi connectivity index (χ0) is 15.7. The maximum atomic E-state index is 6.44. The predicted molar refractivity (Wildman–Crippen MR) is 89.4 cm³/mol. The number of hydrogen-bond donors (Lipinski definition) is 1. The third-order valence-electron chi connectivity index (χ3n) is 3.27. The van der Waals surface area contributed by atoms with Gasteiger partial charge in [-0.15, -0.1) is 0 Å². The van der Waals surface area contributed by atoms with E-state index in [4.69, 9.17) is 26.8 Å². The molecule has 0 aliphatic rings. The molecule has 0 saturated carbocycles. The van der Waals surface area contributed by atoms with Crippen molar-refractivity contribution in [1.82, 2.24) is 0 Å². The maximum absolute atomic E-state index is 6.44. The van der Waals surface area contributed by atoms with E-state index in [0.717, 1.165) is 43.2 Å². The van der Waals surface area contributed by atoms with Crippen LogP contribution >= 0.6 is 11.6 Å². The molecule has 0 saturated heterocycles. The van der Waals surface area contributed by atoms with Crippen molar-refractivity contribution in [3.63, 3.8) is 0 Å². The van der Waals surface area contributed by atoms with E-state index in [9.17, 15) is 0 Å². The Balaban J connectivity index is 2.97. The molecular weight excluding hydrogens is 288 g/mol. The number of ether oxygens (including phenoxy) is 2. The highest BCUT2D eigenvalue weighted by Gasteiger charge is 2.15. The summed E-state index contributed by atoms with van der Waals surface area (Å²) in [6, 6.07) is 6.11. The van der Waals surface area contributed by atoms with Crippen molar-refractivity contribution in [2.75, 3.05) is 45.4 Å². The van der Waals surface area contributed by atoms with Gasteiger partial charge in [-0.3, -0.25) is 0 Å². The van der Waals surface area contributed by atoms with Gasteiger partial charge in [0.2, 0.25) is 0 Å². The van der Waals surface area contributed by atoms with Crippen LogP contribution in [0.25, 0.3) is 0 Å². The van der Waals surface area contributed by atoms with Gasteiger partial charge in [0.15, 0.2) is 0 Å². The molecule has 1 aromatic carbocycles. The molecule has 0 fully saturated rings. The molecule has 1 aromatic rings. The number of rotatable bonds is 10. The standard InChI is InChI=1S/C16H27ClN2O2/c1-13(18)12-14-6-4-7-15(17)16(14)19(9-11-21-3)8-5-10-20-2/h4,6-7,13H,5,8-12,18H2,1-3H3. The van der Waals surface area contributed by atoms with E-state index in [1.54, 1.807) is 14.2 Å². The number of nitrogens with zero attached hydrogens (tertiary/aromatic N) is 1. The molecule has 0 aromatic heterocycles.